The summed E-state index contributed by atoms with van der Waals surface area (Å²) in [5.41, 5.74) is 11.1. The number of piperidine rings is 2. The molecule has 1 unspecified atom stereocenters. The number of nitrogens with zero attached hydrogens (tertiary/aromatic N) is 9. The van der Waals surface area contributed by atoms with Crippen LogP contribution in [0.15, 0.2) is 79.0 Å². The number of piperazine rings is 1. The van der Waals surface area contributed by atoms with Crippen molar-refractivity contribution in [3.05, 3.63) is 95.8 Å². The van der Waals surface area contributed by atoms with E-state index < -0.39 is 29.7 Å². The molecule has 0 aliphatic carbocycles. The third-order valence-corrected chi connectivity index (χ3v) is 13.4. The summed E-state index contributed by atoms with van der Waals surface area (Å²) in [6.45, 7) is 5.65. The molecular formula is C50H58N12O7. The smallest absolute Gasteiger partial charge is 0.264 e. The SMILES string of the molecule is Nc1nnc(-c2ccccc2O)cc1O[C@@H]1CCCN(c2ccc(N3CCN(C(=O)CCCCCCCCn4cc(CNc5cccc6c5C(=O)N(C5CCC(=O)NC5=O)C6=O)nn4)CC3)cc2)C1. The second-order valence-electron chi connectivity index (χ2n) is 18.1. The number of phenolic OH excluding ortho intramolecular Hbond substituents is 1. The van der Waals surface area contributed by atoms with Gasteiger partial charge in [-0.25, -0.2) is 0 Å². The molecule has 9 rings (SSSR count). The third-order valence-electron chi connectivity index (χ3n) is 13.4. The van der Waals surface area contributed by atoms with Crippen LogP contribution >= 0.6 is 0 Å². The minimum Gasteiger partial charge on any atom is -0.507 e. The van der Waals surface area contributed by atoms with E-state index in [1.165, 1.54) is 0 Å². The Hall–Kier alpha value is -7.57. The van der Waals surface area contributed by atoms with Gasteiger partial charge in [0, 0.05) is 80.8 Å². The maximum absolute atomic E-state index is 13.4. The van der Waals surface area contributed by atoms with Gasteiger partial charge in [0.15, 0.2) is 11.6 Å². The number of hydrogen-bond donors (Lipinski definition) is 4. The largest absolute Gasteiger partial charge is 0.507 e. The predicted molar refractivity (Wildman–Crippen MR) is 257 cm³/mol. The first kappa shape index (κ1) is 46.5. The lowest BCUT2D eigenvalue weighted by molar-refractivity contribution is -0.136. The summed E-state index contributed by atoms with van der Waals surface area (Å²) in [5, 5.41) is 32.5. The first-order valence-electron chi connectivity index (χ1n) is 24.0. The highest BCUT2D eigenvalue weighted by Crippen LogP contribution is 2.34. The number of aromatic nitrogens is 5. The summed E-state index contributed by atoms with van der Waals surface area (Å²) in [7, 11) is 0. The van der Waals surface area contributed by atoms with Crippen LogP contribution in [0.4, 0.5) is 22.9 Å². The summed E-state index contributed by atoms with van der Waals surface area (Å²) in [4.78, 5) is 71.4. The topological polar surface area (TPSA) is 234 Å². The fourth-order valence-corrected chi connectivity index (χ4v) is 9.63. The number of aromatic hydroxyl groups is 1. The van der Waals surface area contributed by atoms with Gasteiger partial charge in [-0.15, -0.1) is 15.3 Å². The van der Waals surface area contributed by atoms with Gasteiger partial charge < -0.3 is 35.6 Å². The highest BCUT2D eigenvalue weighted by atomic mass is 16.5. The number of carbonyl (C=O) groups excluding carboxylic acids is 5. The van der Waals surface area contributed by atoms with Crippen molar-refractivity contribution in [3.8, 4) is 22.8 Å². The number of imide groups is 2. The molecule has 4 aliphatic heterocycles. The number of fused-ring (bicyclic) bond motifs is 1. The number of benzene rings is 3. The van der Waals surface area contributed by atoms with E-state index in [1.807, 2.05) is 17.2 Å². The maximum atomic E-state index is 13.4. The summed E-state index contributed by atoms with van der Waals surface area (Å²) in [5.74, 6) is -1.16. The number of ether oxygens (including phenoxy) is 1. The van der Waals surface area contributed by atoms with Crippen molar-refractivity contribution in [2.75, 3.05) is 60.1 Å². The maximum Gasteiger partial charge on any atom is 0.264 e. The molecule has 0 saturated carbocycles. The molecule has 5 amide bonds. The Balaban J connectivity index is 0.639. The molecule has 5 N–H and O–H groups in total. The van der Waals surface area contributed by atoms with E-state index in [4.69, 9.17) is 10.5 Å². The van der Waals surface area contributed by atoms with Crippen LogP contribution in [-0.2, 0) is 27.5 Å². The van der Waals surface area contributed by atoms with Crippen LogP contribution in [0.2, 0.25) is 0 Å². The zero-order chi connectivity index (χ0) is 47.9. The first-order valence-corrected chi connectivity index (χ1v) is 24.0. The molecule has 0 spiro atoms. The molecule has 360 valence electrons. The van der Waals surface area contributed by atoms with Gasteiger partial charge in [-0.05, 0) is 80.6 Å². The number of nitrogen functional groups attached to an aromatic ring is 1. The molecular weight excluding hydrogens is 881 g/mol. The average Bonchev–Trinajstić information content (AvgIpc) is 3.93. The average molecular weight is 939 g/mol. The normalized spacial score (nSPS) is 18.4. The van der Waals surface area contributed by atoms with Crippen molar-refractivity contribution in [2.45, 2.75) is 95.9 Å². The number of phenols is 1. The van der Waals surface area contributed by atoms with Gasteiger partial charge in [-0.2, -0.15) is 0 Å². The van der Waals surface area contributed by atoms with Gasteiger partial charge in [0.1, 0.15) is 29.3 Å². The number of unbranched alkanes of at least 4 members (excludes halogenated alkanes) is 5. The molecule has 4 aliphatic rings. The first-order chi connectivity index (χ1) is 33.6. The molecule has 2 aromatic heterocycles. The number of carbonyl (C=O) groups is 5. The molecule has 5 aromatic rings. The predicted octanol–water partition coefficient (Wildman–Crippen LogP) is 5.16. The lowest BCUT2D eigenvalue weighted by Gasteiger charge is -2.37. The molecule has 0 radical (unpaired) electrons. The van der Waals surface area contributed by atoms with Crippen LogP contribution in [0.3, 0.4) is 0 Å². The van der Waals surface area contributed by atoms with Crippen LogP contribution in [-0.4, -0.2) is 121 Å². The summed E-state index contributed by atoms with van der Waals surface area (Å²) in [6, 6.07) is 21.3. The zero-order valence-corrected chi connectivity index (χ0v) is 38.6. The van der Waals surface area contributed by atoms with E-state index in [0.717, 1.165) is 93.8 Å². The molecule has 3 fully saturated rings. The van der Waals surface area contributed by atoms with Crippen LogP contribution in [0.1, 0.15) is 97.0 Å². The Morgan fingerprint density at radius 1 is 0.797 bits per heavy atom. The Labute approximate surface area is 400 Å². The van der Waals surface area contributed by atoms with Crippen LogP contribution < -0.4 is 30.9 Å². The lowest BCUT2D eigenvalue weighted by Crippen LogP contribution is -2.54. The van der Waals surface area contributed by atoms with Crippen molar-refractivity contribution in [1.82, 2.24) is 40.3 Å². The van der Waals surface area contributed by atoms with E-state index in [9.17, 15) is 29.1 Å². The van der Waals surface area contributed by atoms with E-state index in [0.29, 0.717) is 54.4 Å². The number of para-hydroxylation sites is 1. The third kappa shape index (κ3) is 10.8. The minimum absolute atomic E-state index is 0.0595. The molecule has 69 heavy (non-hydrogen) atoms. The standard InChI is InChI=1S/C50H58N12O7/c51-47-43(29-40(55-56-47)37-12-6-7-15-42(37)63)69-36-11-10-23-60(32-36)35-19-17-34(18-20-35)58-25-27-59(28-26-58)45(65)16-5-3-1-2-4-8-24-61-31-33(54-57-61)30-52-39-14-9-13-38-46(39)50(68)62(49(38)67)41-21-22-44(64)53-48(41)66/h6-7,9,12-15,17-20,29,31,36,41,52,63H,1-5,8,10-11,16,21-28,30,32H2,(H2,51,56)(H,53,64,66)/t36-,41?/m1/s1. The number of rotatable bonds is 18. The van der Waals surface area contributed by atoms with Gasteiger partial charge in [0.05, 0.1) is 30.4 Å². The van der Waals surface area contributed by atoms with Gasteiger partial charge >= 0.3 is 0 Å². The second kappa shape index (κ2) is 21.2. The fraction of sp³-hybridized carbons (Fsp3) is 0.420. The molecule has 0 bridgehead atoms. The number of amides is 5. The summed E-state index contributed by atoms with van der Waals surface area (Å²) in [6.07, 6.45) is 10.4. The monoisotopic (exact) mass is 938 g/mol. The van der Waals surface area contributed by atoms with Crippen molar-refractivity contribution in [3.63, 3.8) is 0 Å². The van der Waals surface area contributed by atoms with Crippen LogP contribution in [0.5, 0.6) is 11.5 Å². The Bertz CT molecular complexity index is 2680. The van der Waals surface area contributed by atoms with E-state index >= 15 is 0 Å². The molecule has 19 nitrogen and oxygen atoms in total. The van der Waals surface area contributed by atoms with E-state index in [1.54, 1.807) is 47.1 Å². The Morgan fingerprint density at radius 3 is 2.32 bits per heavy atom. The molecule has 6 heterocycles. The number of aryl methyl sites for hydroxylation is 1. The number of anilines is 4. The molecule has 2 atom stereocenters. The highest BCUT2D eigenvalue weighted by molar-refractivity contribution is 6.25. The van der Waals surface area contributed by atoms with E-state index in [-0.39, 0.29) is 54.1 Å². The van der Waals surface area contributed by atoms with Crippen molar-refractivity contribution in [2.24, 2.45) is 0 Å². The van der Waals surface area contributed by atoms with Crippen LogP contribution in [0, 0.1) is 0 Å². The quantitative estimate of drug-likeness (QED) is 0.0656. The Kier molecular flexibility index (Phi) is 14.3. The number of nitrogens with one attached hydrogen (secondary N) is 2. The number of hydrogen-bond acceptors (Lipinski definition) is 15. The lowest BCUT2D eigenvalue weighted by atomic mass is 10.0. The fourth-order valence-electron chi connectivity index (χ4n) is 9.63. The van der Waals surface area contributed by atoms with Crippen molar-refractivity contribution >= 4 is 52.4 Å². The van der Waals surface area contributed by atoms with E-state index in [2.05, 4.69) is 65.2 Å². The van der Waals surface area contributed by atoms with Crippen molar-refractivity contribution < 1.29 is 33.8 Å². The second-order valence-corrected chi connectivity index (χ2v) is 18.1. The Morgan fingerprint density at radius 2 is 1.54 bits per heavy atom. The van der Waals surface area contributed by atoms with Gasteiger partial charge in [0.2, 0.25) is 17.7 Å². The molecule has 19 heteroatoms. The molecule has 3 aromatic carbocycles. The highest BCUT2D eigenvalue weighted by Gasteiger charge is 2.45. The van der Waals surface area contributed by atoms with Gasteiger partial charge in [-0.1, -0.05) is 49.1 Å². The molecule has 3 saturated heterocycles. The minimum atomic E-state index is -1.03. The van der Waals surface area contributed by atoms with Crippen LogP contribution in [0.25, 0.3) is 11.3 Å². The van der Waals surface area contributed by atoms with Crippen molar-refractivity contribution in [1.29, 1.82) is 0 Å². The summed E-state index contributed by atoms with van der Waals surface area (Å²) < 4.78 is 8.18. The van der Waals surface area contributed by atoms with Gasteiger partial charge in [0.25, 0.3) is 11.8 Å². The summed E-state index contributed by atoms with van der Waals surface area (Å²) >= 11 is 0. The zero-order valence-electron chi connectivity index (χ0n) is 38.6. The number of nitrogens with two attached hydrogens (primary N) is 1. The van der Waals surface area contributed by atoms with Gasteiger partial charge in [-0.3, -0.25) is 38.9 Å².